The zero-order chi connectivity index (χ0) is 18.1. The van der Waals surface area contributed by atoms with Gasteiger partial charge in [-0.3, -0.25) is 4.90 Å². The minimum absolute atomic E-state index is 0.0379. The van der Waals surface area contributed by atoms with Crippen LogP contribution in [0.1, 0.15) is 24.8 Å². The van der Waals surface area contributed by atoms with Crippen molar-refractivity contribution >= 4 is 9.84 Å². The van der Waals surface area contributed by atoms with E-state index < -0.39 is 21.2 Å². The summed E-state index contributed by atoms with van der Waals surface area (Å²) in [6.07, 6.45) is 2.19. The molecule has 4 atom stereocenters. The van der Waals surface area contributed by atoms with E-state index in [4.69, 9.17) is 0 Å². The summed E-state index contributed by atoms with van der Waals surface area (Å²) in [5.74, 6) is 0.0379. The summed E-state index contributed by atoms with van der Waals surface area (Å²) in [6, 6.07) is 19.0. The Labute approximate surface area is 155 Å². The van der Waals surface area contributed by atoms with Crippen molar-refractivity contribution in [2.24, 2.45) is 5.92 Å². The maximum absolute atomic E-state index is 13.2. The number of hydrogen-bond acceptors (Lipinski definition) is 4. The Morgan fingerprint density at radius 1 is 0.962 bits per heavy atom. The molecule has 1 heterocycles. The molecule has 4 nitrogen and oxygen atoms in total. The molecule has 0 amide bonds. The minimum atomic E-state index is -3.57. The quantitative estimate of drug-likeness (QED) is 0.898. The highest BCUT2D eigenvalue weighted by molar-refractivity contribution is 7.92. The van der Waals surface area contributed by atoms with E-state index in [0.717, 1.165) is 25.8 Å². The van der Waals surface area contributed by atoms with Gasteiger partial charge in [0, 0.05) is 25.0 Å². The number of rotatable bonds is 4. The van der Waals surface area contributed by atoms with E-state index in [1.807, 2.05) is 24.3 Å². The number of nitrogens with zero attached hydrogens (tertiary/aromatic N) is 1. The van der Waals surface area contributed by atoms with Gasteiger partial charge in [0.1, 0.15) is 5.25 Å². The summed E-state index contributed by atoms with van der Waals surface area (Å²) < 4.78 is 26.4. The smallest absolute Gasteiger partial charge is 0.185 e. The number of aliphatic hydroxyl groups is 1. The zero-order valence-electron chi connectivity index (χ0n) is 14.7. The monoisotopic (exact) mass is 371 g/mol. The van der Waals surface area contributed by atoms with Crippen molar-refractivity contribution < 1.29 is 13.5 Å². The maximum Gasteiger partial charge on any atom is 0.185 e. The third-order valence-electron chi connectivity index (χ3n) is 5.93. The van der Waals surface area contributed by atoms with E-state index in [1.165, 1.54) is 5.56 Å². The Morgan fingerprint density at radius 2 is 1.62 bits per heavy atom. The summed E-state index contributed by atoms with van der Waals surface area (Å²) in [5, 5.41) is 10.1. The first-order valence-electron chi connectivity index (χ1n) is 9.32. The standard InChI is InChI=1S/C21H25NO3S/c23-21-18-12-7-13-19(18)22(14-16-8-3-1-4-9-16)15-20(21)26(24,25)17-10-5-2-6-11-17/h1-6,8-11,18-21,23H,7,12-15H2/t18-,19+,20?,21-/m0/s1. The Kier molecular flexibility index (Phi) is 4.86. The normalized spacial score (nSPS) is 29.4. The van der Waals surface area contributed by atoms with Gasteiger partial charge in [-0.15, -0.1) is 0 Å². The molecular formula is C21H25NO3S. The Balaban J connectivity index is 1.65. The van der Waals surface area contributed by atoms with Crippen LogP contribution in [0.4, 0.5) is 0 Å². The zero-order valence-corrected chi connectivity index (χ0v) is 15.6. The molecule has 26 heavy (non-hydrogen) atoms. The molecule has 2 aliphatic rings. The van der Waals surface area contributed by atoms with Crippen LogP contribution in [0, 0.1) is 5.92 Å². The number of likely N-dealkylation sites (tertiary alicyclic amines) is 1. The van der Waals surface area contributed by atoms with Gasteiger partial charge < -0.3 is 5.11 Å². The fourth-order valence-corrected chi connectivity index (χ4v) is 6.48. The largest absolute Gasteiger partial charge is 0.391 e. The predicted octanol–water partition coefficient (Wildman–Crippen LogP) is 2.87. The first-order chi connectivity index (χ1) is 12.6. The summed E-state index contributed by atoms with van der Waals surface area (Å²) in [5.41, 5.74) is 1.19. The predicted molar refractivity (Wildman–Crippen MR) is 101 cm³/mol. The highest BCUT2D eigenvalue weighted by atomic mass is 32.2. The Morgan fingerprint density at radius 3 is 2.31 bits per heavy atom. The minimum Gasteiger partial charge on any atom is -0.391 e. The number of hydrogen-bond donors (Lipinski definition) is 1. The molecule has 1 N–H and O–H groups in total. The highest BCUT2D eigenvalue weighted by Gasteiger charge is 2.49. The highest BCUT2D eigenvalue weighted by Crippen LogP contribution is 2.40. The SMILES string of the molecule is O=S(=O)(c1ccccc1)C1CN(Cc2ccccc2)[C@@H]2CCC[C@@H]2[C@@H]1O. The van der Waals surface area contributed by atoms with Crippen LogP contribution in [-0.2, 0) is 16.4 Å². The van der Waals surface area contributed by atoms with Gasteiger partial charge in [-0.2, -0.15) is 0 Å². The lowest BCUT2D eigenvalue weighted by Crippen LogP contribution is -2.58. The van der Waals surface area contributed by atoms with Gasteiger partial charge in [0.2, 0.25) is 0 Å². The summed E-state index contributed by atoms with van der Waals surface area (Å²) in [7, 11) is -3.57. The lowest BCUT2D eigenvalue weighted by atomic mass is 9.88. The second-order valence-corrected chi connectivity index (χ2v) is 9.63. The number of piperidine rings is 1. The fourth-order valence-electron chi connectivity index (χ4n) is 4.64. The molecule has 138 valence electrons. The van der Waals surface area contributed by atoms with Crippen LogP contribution < -0.4 is 0 Å². The number of sulfone groups is 1. The van der Waals surface area contributed by atoms with Gasteiger partial charge in [-0.25, -0.2) is 8.42 Å². The van der Waals surface area contributed by atoms with E-state index in [2.05, 4.69) is 17.0 Å². The summed E-state index contributed by atoms with van der Waals surface area (Å²) in [4.78, 5) is 2.59. The van der Waals surface area contributed by atoms with Crippen molar-refractivity contribution in [2.75, 3.05) is 6.54 Å². The topological polar surface area (TPSA) is 57.6 Å². The van der Waals surface area contributed by atoms with E-state index in [0.29, 0.717) is 11.4 Å². The average Bonchev–Trinajstić information content (AvgIpc) is 3.16. The lowest BCUT2D eigenvalue weighted by molar-refractivity contribution is -0.00203. The third-order valence-corrected chi connectivity index (χ3v) is 8.09. The first kappa shape index (κ1) is 17.7. The van der Waals surface area contributed by atoms with Gasteiger partial charge in [-0.1, -0.05) is 55.0 Å². The average molecular weight is 372 g/mol. The van der Waals surface area contributed by atoms with Crippen molar-refractivity contribution in [1.29, 1.82) is 0 Å². The van der Waals surface area contributed by atoms with Crippen LogP contribution in [0.2, 0.25) is 0 Å². The van der Waals surface area contributed by atoms with E-state index in [1.54, 1.807) is 24.3 Å². The van der Waals surface area contributed by atoms with Crippen LogP contribution in [0.15, 0.2) is 65.6 Å². The van der Waals surface area contributed by atoms with Gasteiger partial charge in [-0.05, 0) is 30.5 Å². The third kappa shape index (κ3) is 3.20. The molecule has 2 fully saturated rings. The molecule has 1 aliphatic heterocycles. The molecule has 0 spiro atoms. The molecule has 1 saturated carbocycles. The van der Waals surface area contributed by atoms with Crippen molar-refractivity contribution in [1.82, 2.24) is 4.90 Å². The summed E-state index contributed by atoms with van der Waals surface area (Å²) >= 11 is 0. The molecule has 5 heteroatoms. The van der Waals surface area contributed by atoms with Crippen LogP contribution in [-0.4, -0.2) is 42.4 Å². The second-order valence-electron chi connectivity index (χ2n) is 7.46. The van der Waals surface area contributed by atoms with Crippen LogP contribution in [0.3, 0.4) is 0 Å². The number of aliphatic hydroxyl groups excluding tert-OH is 1. The molecule has 0 radical (unpaired) electrons. The Hall–Kier alpha value is -1.69. The van der Waals surface area contributed by atoms with Gasteiger partial charge in [0.05, 0.1) is 11.0 Å². The second kappa shape index (κ2) is 7.14. The van der Waals surface area contributed by atoms with Crippen LogP contribution >= 0.6 is 0 Å². The Bertz CT molecular complexity index is 838. The molecule has 0 aromatic heterocycles. The molecule has 0 bridgehead atoms. The maximum atomic E-state index is 13.2. The van der Waals surface area contributed by atoms with Crippen molar-refractivity contribution in [3.05, 3.63) is 66.2 Å². The van der Waals surface area contributed by atoms with Crippen molar-refractivity contribution in [3.8, 4) is 0 Å². The molecule has 4 rings (SSSR count). The van der Waals surface area contributed by atoms with Crippen LogP contribution in [0.5, 0.6) is 0 Å². The van der Waals surface area contributed by atoms with Gasteiger partial charge in [0.25, 0.3) is 0 Å². The van der Waals surface area contributed by atoms with Crippen molar-refractivity contribution in [3.63, 3.8) is 0 Å². The number of benzene rings is 2. The fraction of sp³-hybridized carbons (Fsp3) is 0.429. The molecule has 1 unspecified atom stereocenters. The van der Waals surface area contributed by atoms with E-state index in [-0.39, 0.29) is 12.0 Å². The molecule has 2 aromatic rings. The molecule has 1 aliphatic carbocycles. The van der Waals surface area contributed by atoms with Crippen molar-refractivity contribution in [2.45, 2.75) is 48.1 Å². The summed E-state index contributed by atoms with van der Waals surface area (Å²) in [6.45, 7) is 1.12. The molecular weight excluding hydrogens is 346 g/mol. The van der Waals surface area contributed by atoms with E-state index in [9.17, 15) is 13.5 Å². The molecule has 2 aromatic carbocycles. The first-order valence-corrected chi connectivity index (χ1v) is 10.9. The van der Waals surface area contributed by atoms with E-state index >= 15 is 0 Å². The lowest BCUT2D eigenvalue weighted by Gasteiger charge is -2.44. The molecule has 1 saturated heterocycles. The number of fused-ring (bicyclic) bond motifs is 1. The van der Waals surface area contributed by atoms with Crippen LogP contribution in [0.25, 0.3) is 0 Å². The van der Waals surface area contributed by atoms with Gasteiger partial charge >= 0.3 is 0 Å². The van der Waals surface area contributed by atoms with Gasteiger partial charge in [0.15, 0.2) is 9.84 Å².